The van der Waals surface area contributed by atoms with Crippen LogP contribution in [0.25, 0.3) is 0 Å². The molecule has 0 spiro atoms. The largest absolute Gasteiger partial charge is 0.356 e. The van der Waals surface area contributed by atoms with Crippen LogP contribution in [0, 0.1) is 5.92 Å². The van der Waals surface area contributed by atoms with Crippen molar-refractivity contribution in [1.82, 2.24) is 15.5 Å². The summed E-state index contributed by atoms with van der Waals surface area (Å²) in [6, 6.07) is 11.2. The summed E-state index contributed by atoms with van der Waals surface area (Å²) in [7, 11) is 6.18. The molecule has 0 heterocycles. The number of rotatable bonds is 8. The number of benzene rings is 1. The van der Waals surface area contributed by atoms with E-state index in [0.29, 0.717) is 6.04 Å². The molecule has 0 aromatic heterocycles. The van der Waals surface area contributed by atoms with Gasteiger partial charge in [-0.15, -0.1) is 0 Å². The highest BCUT2D eigenvalue weighted by Crippen LogP contribution is 2.34. The summed E-state index contributed by atoms with van der Waals surface area (Å²) in [5, 5.41) is 6.88. The van der Waals surface area contributed by atoms with E-state index in [2.05, 4.69) is 65.0 Å². The lowest BCUT2D eigenvalue weighted by Crippen LogP contribution is -2.46. The third kappa shape index (κ3) is 5.68. The SMILES string of the molecule is CN=C(NCCCc1ccccc1)NCC(C1CC1)N(C)C. The highest BCUT2D eigenvalue weighted by molar-refractivity contribution is 5.79. The van der Waals surface area contributed by atoms with Crippen LogP contribution in [0.15, 0.2) is 35.3 Å². The predicted molar refractivity (Wildman–Crippen MR) is 94.3 cm³/mol. The number of likely N-dealkylation sites (N-methyl/N-ethyl adjacent to an activating group) is 1. The van der Waals surface area contributed by atoms with Crippen LogP contribution in [-0.2, 0) is 6.42 Å². The van der Waals surface area contributed by atoms with Crippen molar-refractivity contribution in [3.63, 3.8) is 0 Å². The number of guanidine groups is 1. The smallest absolute Gasteiger partial charge is 0.191 e. The molecule has 2 N–H and O–H groups in total. The Bertz CT molecular complexity index is 449. The molecule has 1 saturated carbocycles. The van der Waals surface area contributed by atoms with E-state index in [1.54, 1.807) is 0 Å². The van der Waals surface area contributed by atoms with Crippen LogP contribution in [-0.4, -0.2) is 51.1 Å². The van der Waals surface area contributed by atoms with E-state index >= 15 is 0 Å². The van der Waals surface area contributed by atoms with Gasteiger partial charge in [0.25, 0.3) is 0 Å². The van der Waals surface area contributed by atoms with Gasteiger partial charge in [0.15, 0.2) is 5.96 Å². The molecule has 0 aliphatic heterocycles. The number of aliphatic imine (C=N–C) groups is 1. The second kappa shape index (κ2) is 8.79. The molecule has 1 aromatic carbocycles. The minimum absolute atomic E-state index is 0.614. The molecule has 4 nitrogen and oxygen atoms in total. The average Bonchev–Trinajstić information content (AvgIpc) is 3.35. The second-order valence-corrected chi connectivity index (χ2v) is 6.34. The van der Waals surface area contributed by atoms with Gasteiger partial charge in [-0.1, -0.05) is 30.3 Å². The maximum Gasteiger partial charge on any atom is 0.191 e. The van der Waals surface area contributed by atoms with Crippen LogP contribution in [0.1, 0.15) is 24.8 Å². The number of hydrogen-bond donors (Lipinski definition) is 2. The van der Waals surface area contributed by atoms with Gasteiger partial charge in [-0.05, 0) is 51.3 Å². The Balaban J connectivity index is 1.64. The number of nitrogens with zero attached hydrogens (tertiary/aromatic N) is 2. The lowest BCUT2D eigenvalue weighted by atomic mass is 10.1. The molecule has 1 fully saturated rings. The monoisotopic (exact) mass is 302 g/mol. The average molecular weight is 302 g/mol. The van der Waals surface area contributed by atoms with Crippen LogP contribution < -0.4 is 10.6 Å². The molecule has 1 aliphatic carbocycles. The fourth-order valence-electron chi connectivity index (χ4n) is 2.82. The van der Waals surface area contributed by atoms with Gasteiger partial charge in [0.1, 0.15) is 0 Å². The fraction of sp³-hybridized carbons (Fsp3) is 0.611. The van der Waals surface area contributed by atoms with Gasteiger partial charge in [-0.2, -0.15) is 0 Å². The summed E-state index contributed by atoms with van der Waals surface area (Å²) in [6.45, 7) is 1.92. The van der Waals surface area contributed by atoms with Crippen LogP contribution in [0.5, 0.6) is 0 Å². The van der Waals surface area contributed by atoms with E-state index in [-0.39, 0.29) is 0 Å². The van der Waals surface area contributed by atoms with Gasteiger partial charge in [0.05, 0.1) is 0 Å². The first-order valence-electron chi connectivity index (χ1n) is 8.35. The van der Waals surface area contributed by atoms with Crippen molar-refractivity contribution in [2.45, 2.75) is 31.7 Å². The third-order valence-corrected chi connectivity index (χ3v) is 4.31. The second-order valence-electron chi connectivity index (χ2n) is 6.34. The van der Waals surface area contributed by atoms with Gasteiger partial charge >= 0.3 is 0 Å². The molecule has 1 atom stereocenters. The summed E-state index contributed by atoms with van der Waals surface area (Å²) in [5.74, 6) is 1.78. The van der Waals surface area contributed by atoms with Gasteiger partial charge in [0, 0.05) is 26.2 Å². The highest BCUT2D eigenvalue weighted by Gasteiger charge is 2.32. The van der Waals surface area contributed by atoms with Crippen LogP contribution in [0.2, 0.25) is 0 Å². The molecule has 1 aliphatic rings. The first-order chi connectivity index (χ1) is 10.7. The zero-order chi connectivity index (χ0) is 15.8. The molecular formula is C18H30N4. The number of nitrogens with one attached hydrogen (secondary N) is 2. The number of hydrogen-bond acceptors (Lipinski definition) is 2. The maximum atomic E-state index is 4.32. The van der Waals surface area contributed by atoms with Crippen molar-refractivity contribution in [3.8, 4) is 0 Å². The van der Waals surface area contributed by atoms with E-state index in [1.165, 1.54) is 18.4 Å². The zero-order valence-corrected chi connectivity index (χ0v) is 14.2. The van der Waals surface area contributed by atoms with Crippen molar-refractivity contribution in [2.24, 2.45) is 10.9 Å². The standard InChI is InChI=1S/C18H30N4/c1-19-18(21-14-17(22(2)3)16-11-12-16)20-13-7-10-15-8-5-4-6-9-15/h4-6,8-9,16-17H,7,10-14H2,1-3H3,(H2,19,20,21). The molecule has 4 heteroatoms. The van der Waals surface area contributed by atoms with Crippen molar-refractivity contribution < 1.29 is 0 Å². The molecule has 1 aromatic rings. The molecule has 1 unspecified atom stereocenters. The molecular weight excluding hydrogens is 272 g/mol. The minimum atomic E-state index is 0.614. The molecule has 122 valence electrons. The molecule has 0 saturated heterocycles. The fourth-order valence-corrected chi connectivity index (χ4v) is 2.82. The Morgan fingerprint density at radius 3 is 2.55 bits per heavy atom. The van der Waals surface area contributed by atoms with Gasteiger partial charge in [-0.25, -0.2) is 0 Å². The Hall–Kier alpha value is -1.55. The van der Waals surface area contributed by atoms with Gasteiger partial charge < -0.3 is 15.5 Å². The summed E-state index contributed by atoms with van der Waals surface area (Å²) in [4.78, 5) is 6.65. The van der Waals surface area contributed by atoms with E-state index in [4.69, 9.17) is 0 Å². The van der Waals surface area contributed by atoms with E-state index in [0.717, 1.165) is 37.8 Å². The topological polar surface area (TPSA) is 39.7 Å². The predicted octanol–water partition coefficient (Wildman–Crippen LogP) is 2.12. The molecule has 22 heavy (non-hydrogen) atoms. The summed E-state index contributed by atoms with van der Waals surface area (Å²) in [6.07, 6.45) is 4.96. The van der Waals surface area contributed by atoms with Crippen molar-refractivity contribution in [2.75, 3.05) is 34.2 Å². The lowest BCUT2D eigenvalue weighted by Gasteiger charge is -2.25. The molecule has 2 rings (SSSR count). The first kappa shape index (κ1) is 16.8. The van der Waals surface area contributed by atoms with Crippen molar-refractivity contribution in [1.29, 1.82) is 0 Å². The highest BCUT2D eigenvalue weighted by atomic mass is 15.2. The third-order valence-electron chi connectivity index (χ3n) is 4.31. The molecule has 0 amide bonds. The van der Waals surface area contributed by atoms with Crippen molar-refractivity contribution in [3.05, 3.63) is 35.9 Å². The summed E-state index contributed by atoms with van der Waals surface area (Å²) >= 11 is 0. The minimum Gasteiger partial charge on any atom is -0.356 e. The van der Waals surface area contributed by atoms with E-state index in [9.17, 15) is 0 Å². The summed E-state index contributed by atoms with van der Waals surface area (Å²) < 4.78 is 0. The number of aryl methyl sites for hydroxylation is 1. The van der Waals surface area contributed by atoms with E-state index in [1.807, 2.05) is 7.05 Å². The Morgan fingerprint density at radius 2 is 1.95 bits per heavy atom. The van der Waals surface area contributed by atoms with Crippen LogP contribution in [0.4, 0.5) is 0 Å². The Labute approximate surface area is 135 Å². The summed E-state index contributed by atoms with van der Waals surface area (Å²) in [5.41, 5.74) is 1.40. The first-order valence-corrected chi connectivity index (χ1v) is 8.35. The van der Waals surface area contributed by atoms with Gasteiger partial charge in [0.2, 0.25) is 0 Å². The lowest BCUT2D eigenvalue weighted by molar-refractivity contribution is 0.264. The molecule has 0 bridgehead atoms. The van der Waals surface area contributed by atoms with Crippen LogP contribution >= 0.6 is 0 Å². The Kier molecular flexibility index (Phi) is 6.72. The normalized spacial score (nSPS) is 16.6. The van der Waals surface area contributed by atoms with Gasteiger partial charge in [-0.3, -0.25) is 4.99 Å². The Morgan fingerprint density at radius 1 is 1.23 bits per heavy atom. The quantitative estimate of drug-likeness (QED) is 0.439. The molecule has 0 radical (unpaired) electrons. The van der Waals surface area contributed by atoms with Crippen molar-refractivity contribution >= 4 is 5.96 Å². The maximum absolute atomic E-state index is 4.32. The van der Waals surface area contributed by atoms with E-state index < -0.39 is 0 Å². The van der Waals surface area contributed by atoms with Crippen LogP contribution in [0.3, 0.4) is 0 Å². The zero-order valence-electron chi connectivity index (χ0n) is 14.2.